The fraction of sp³-hybridized carbons (Fsp3) is 0.333. The molecule has 17 heavy (non-hydrogen) atoms. The lowest BCUT2D eigenvalue weighted by atomic mass is 10.0. The Bertz CT molecular complexity index is 489. The molecule has 0 spiro atoms. The molecule has 2 rings (SSSR count). The molecule has 0 amide bonds. The average Bonchev–Trinajstić information content (AvgIpc) is 2.41. The number of hydrogen-bond acceptors (Lipinski definition) is 2. The summed E-state index contributed by atoms with van der Waals surface area (Å²) in [4.78, 5) is 0. The van der Waals surface area contributed by atoms with Crippen molar-refractivity contribution in [1.82, 2.24) is 0 Å². The fourth-order valence-corrected chi connectivity index (χ4v) is 1.75. The molecule has 0 aliphatic heterocycles. The van der Waals surface area contributed by atoms with Gasteiger partial charge >= 0.3 is 0 Å². The van der Waals surface area contributed by atoms with Crippen molar-refractivity contribution in [3.05, 3.63) is 35.9 Å². The second-order valence-electron chi connectivity index (χ2n) is 3.50. The van der Waals surface area contributed by atoms with E-state index in [2.05, 4.69) is 13.0 Å². The number of benzene rings is 2. The van der Waals surface area contributed by atoms with E-state index in [1.54, 1.807) is 14.2 Å². The Hall–Kier alpha value is -1.70. The summed E-state index contributed by atoms with van der Waals surface area (Å²) in [5.41, 5.74) is 1.23. The van der Waals surface area contributed by atoms with Gasteiger partial charge in [-0.15, -0.1) is 0 Å². The second-order valence-corrected chi connectivity index (χ2v) is 3.50. The molecule has 0 aromatic heterocycles. The van der Waals surface area contributed by atoms with Crippen LogP contribution in [0.3, 0.4) is 0 Å². The summed E-state index contributed by atoms with van der Waals surface area (Å²) >= 11 is 0. The lowest BCUT2D eigenvalue weighted by Crippen LogP contribution is -1.88. The normalized spacial score (nSPS) is 9.47. The van der Waals surface area contributed by atoms with Gasteiger partial charge in [0, 0.05) is 5.39 Å². The Morgan fingerprint density at radius 2 is 1.53 bits per heavy atom. The average molecular weight is 232 g/mol. The van der Waals surface area contributed by atoms with Crippen LogP contribution in [0, 0.1) is 6.92 Å². The zero-order valence-electron chi connectivity index (χ0n) is 11.2. The van der Waals surface area contributed by atoms with Crippen LogP contribution in [0.4, 0.5) is 0 Å². The molecule has 2 aromatic rings. The largest absolute Gasteiger partial charge is 0.497 e. The van der Waals surface area contributed by atoms with Crippen LogP contribution in [0.5, 0.6) is 11.5 Å². The molecule has 2 nitrogen and oxygen atoms in total. The molecule has 0 radical (unpaired) electrons. The lowest BCUT2D eigenvalue weighted by Gasteiger charge is -2.09. The maximum atomic E-state index is 5.32. The Kier molecular flexibility index (Phi) is 4.83. The summed E-state index contributed by atoms with van der Waals surface area (Å²) < 4.78 is 10.5. The third-order valence-corrected chi connectivity index (χ3v) is 2.62. The zero-order chi connectivity index (χ0) is 12.8. The Labute approximate surface area is 103 Å². The molecule has 2 aromatic carbocycles. The minimum absolute atomic E-state index is 0.874. The third-order valence-electron chi connectivity index (χ3n) is 2.62. The van der Waals surface area contributed by atoms with E-state index in [0.29, 0.717) is 0 Å². The summed E-state index contributed by atoms with van der Waals surface area (Å²) in [5.74, 6) is 1.78. The van der Waals surface area contributed by atoms with Crippen LogP contribution in [0.2, 0.25) is 0 Å². The van der Waals surface area contributed by atoms with Gasteiger partial charge in [-0.2, -0.15) is 0 Å². The quantitative estimate of drug-likeness (QED) is 0.773. The molecule has 0 aliphatic rings. The molecule has 0 atom stereocenters. The molecule has 92 valence electrons. The standard InChI is InChI=1S/C13H14O2.C2H6/c1-9-4-7-13(15-3)11-6-5-10(14-2)8-12(9)11;1-2/h4-8H,1-3H3;1-2H3. The first kappa shape index (κ1) is 13.4. The summed E-state index contributed by atoms with van der Waals surface area (Å²) in [6.45, 7) is 6.08. The van der Waals surface area contributed by atoms with Gasteiger partial charge in [-0.05, 0) is 42.1 Å². The van der Waals surface area contributed by atoms with Crippen LogP contribution in [-0.2, 0) is 0 Å². The topological polar surface area (TPSA) is 18.5 Å². The molecule has 0 bridgehead atoms. The molecule has 0 unspecified atom stereocenters. The summed E-state index contributed by atoms with van der Waals surface area (Å²) in [5, 5.41) is 2.30. The molecular formula is C15H20O2. The van der Waals surface area contributed by atoms with E-state index in [1.807, 2.05) is 38.1 Å². The van der Waals surface area contributed by atoms with Crippen LogP contribution in [0.1, 0.15) is 19.4 Å². The van der Waals surface area contributed by atoms with Crippen LogP contribution in [0.25, 0.3) is 10.8 Å². The van der Waals surface area contributed by atoms with E-state index in [4.69, 9.17) is 9.47 Å². The SMILES string of the molecule is CC.COc1ccc2c(OC)ccc(C)c2c1. The van der Waals surface area contributed by atoms with Crippen molar-refractivity contribution in [3.8, 4) is 11.5 Å². The number of methoxy groups -OCH3 is 2. The minimum Gasteiger partial charge on any atom is -0.497 e. The van der Waals surface area contributed by atoms with Crippen molar-refractivity contribution in [2.75, 3.05) is 14.2 Å². The van der Waals surface area contributed by atoms with Gasteiger partial charge in [-0.25, -0.2) is 0 Å². The van der Waals surface area contributed by atoms with Crippen molar-refractivity contribution < 1.29 is 9.47 Å². The Balaban J connectivity index is 0.000000686. The zero-order valence-corrected chi connectivity index (χ0v) is 11.2. The third kappa shape index (κ3) is 2.70. The minimum atomic E-state index is 0.874. The Morgan fingerprint density at radius 3 is 2.12 bits per heavy atom. The van der Waals surface area contributed by atoms with Gasteiger partial charge in [0.05, 0.1) is 14.2 Å². The molecule has 2 heteroatoms. The fourth-order valence-electron chi connectivity index (χ4n) is 1.75. The highest BCUT2D eigenvalue weighted by Gasteiger charge is 2.04. The van der Waals surface area contributed by atoms with Gasteiger partial charge in [-0.3, -0.25) is 0 Å². The first-order chi connectivity index (χ1) is 8.26. The van der Waals surface area contributed by atoms with Crippen LogP contribution in [0.15, 0.2) is 30.3 Å². The summed E-state index contributed by atoms with van der Waals surface area (Å²) in [7, 11) is 3.37. The van der Waals surface area contributed by atoms with Gasteiger partial charge in [0.2, 0.25) is 0 Å². The van der Waals surface area contributed by atoms with E-state index in [-0.39, 0.29) is 0 Å². The Morgan fingerprint density at radius 1 is 0.824 bits per heavy atom. The molecule has 0 saturated heterocycles. The number of hydrogen-bond donors (Lipinski definition) is 0. The molecule has 0 N–H and O–H groups in total. The first-order valence-corrected chi connectivity index (χ1v) is 5.87. The lowest BCUT2D eigenvalue weighted by molar-refractivity contribution is 0.414. The van der Waals surface area contributed by atoms with E-state index in [1.165, 1.54) is 10.9 Å². The second kappa shape index (κ2) is 6.14. The molecule has 0 heterocycles. The number of fused-ring (bicyclic) bond motifs is 1. The monoisotopic (exact) mass is 232 g/mol. The van der Waals surface area contributed by atoms with Gasteiger partial charge in [0.25, 0.3) is 0 Å². The van der Waals surface area contributed by atoms with E-state index < -0.39 is 0 Å². The predicted octanol–water partition coefficient (Wildman–Crippen LogP) is 4.19. The highest BCUT2D eigenvalue weighted by atomic mass is 16.5. The van der Waals surface area contributed by atoms with Gasteiger partial charge in [-0.1, -0.05) is 19.9 Å². The molecule has 0 aliphatic carbocycles. The van der Waals surface area contributed by atoms with Crippen molar-refractivity contribution >= 4 is 10.8 Å². The van der Waals surface area contributed by atoms with Crippen molar-refractivity contribution in [3.63, 3.8) is 0 Å². The molecule has 0 saturated carbocycles. The maximum absolute atomic E-state index is 5.32. The summed E-state index contributed by atoms with van der Waals surface area (Å²) in [6, 6.07) is 10.1. The smallest absolute Gasteiger partial charge is 0.126 e. The van der Waals surface area contributed by atoms with Crippen molar-refractivity contribution in [2.45, 2.75) is 20.8 Å². The highest BCUT2D eigenvalue weighted by Crippen LogP contribution is 2.30. The van der Waals surface area contributed by atoms with Gasteiger partial charge in [0.15, 0.2) is 0 Å². The van der Waals surface area contributed by atoms with Crippen LogP contribution in [-0.4, -0.2) is 14.2 Å². The first-order valence-electron chi connectivity index (χ1n) is 5.87. The van der Waals surface area contributed by atoms with Crippen molar-refractivity contribution in [1.29, 1.82) is 0 Å². The number of rotatable bonds is 2. The van der Waals surface area contributed by atoms with Crippen LogP contribution < -0.4 is 9.47 Å². The summed E-state index contributed by atoms with van der Waals surface area (Å²) in [6.07, 6.45) is 0. The molecule has 0 fully saturated rings. The van der Waals surface area contributed by atoms with E-state index in [9.17, 15) is 0 Å². The van der Waals surface area contributed by atoms with Gasteiger partial charge < -0.3 is 9.47 Å². The van der Waals surface area contributed by atoms with E-state index >= 15 is 0 Å². The number of aryl methyl sites for hydroxylation is 1. The van der Waals surface area contributed by atoms with Crippen molar-refractivity contribution in [2.24, 2.45) is 0 Å². The van der Waals surface area contributed by atoms with Gasteiger partial charge in [0.1, 0.15) is 11.5 Å². The predicted molar refractivity (Wildman–Crippen MR) is 73.1 cm³/mol. The van der Waals surface area contributed by atoms with Crippen LogP contribution >= 0.6 is 0 Å². The van der Waals surface area contributed by atoms with E-state index in [0.717, 1.165) is 16.9 Å². The maximum Gasteiger partial charge on any atom is 0.126 e. The number of ether oxygens (including phenoxy) is 2. The molecular weight excluding hydrogens is 212 g/mol. The highest BCUT2D eigenvalue weighted by molar-refractivity contribution is 5.91.